The number of ether oxygens (including phenoxy) is 1. The number of hydrogen-bond acceptors (Lipinski definition) is 7. The van der Waals surface area contributed by atoms with E-state index in [0.717, 1.165) is 18.0 Å². The van der Waals surface area contributed by atoms with Crippen molar-refractivity contribution in [1.29, 1.82) is 5.26 Å². The predicted octanol–water partition coefficient (Wildman–Crippen LogP) is 2.00. The largest absolute Gasteiger partial charge is 0.492 e. The van der Waals surface area contributed by atoms with Crippen molar-refractivity contribution >= 4 is 29.3 Å². The van der Waals surface area contributed by atoms with Gasteiger partial charge in [-0.3, -0.25) is 9.59 Å². The van der Waals surface area contributed by atoms with E-state index in [2.05, 4.69) is 21.5 Å². The smallest absolute Gasteiger partial charge is 0.238 e. The van der Waals surface area contributed by atoms with E-state index in [1.165, 1.54) is 11.8 Å². The number of terminal acetylenes is 1. The van der Waals surface area contributed by atoms with Crippen molar-refractivity contribution in [2.75, 3.05) is 52.2 Å². The molecule has 1 saturated heterocycles. The third kappa shape index (κ3) is 8.20. The summed E-state index contributed by atoms with van der Waals surface area (Å²) in [6.45, 7) is 4.61. The minimum Gasteiger partial charge on any atom is -0.492 e. The average Bonchev–Trinajstić information content (AvgIpc) is 3.09. The zero-order valence-electron chi connectivity index (χ0n) is 19.5. The Hall–Kier alpha value is -2.88. The van der Waals surface area contributed by atoms with E-state index in [1.54, 1.807) is 4.90 Å². The fourth-order valence-corrected chi connectivity index (χ4v) is 5.04. The molecule has 0 radical (unpaired) electrons. The van der Waals surface area contributed by atoms with Gasteiger partial charge in [0.15, 0.2) is 0 Å². The van der Waals surface area contributed by atoms with Gasteiger partial charge in [0.05, 0.1) is 23.2 Å². The molecule has 33 heavy (non-hydrogen) atoms. The number of amides is 2. The van der Waals surface area contributed by atoms with Crippen LogP contribution in [0.25, 0.3) is 0 Å². The molecule has 2 N–H and O–H groups in total. The van der Waals surface area contributed by atoms with Crippen molar-refractivity contribution in [2.24, 2.45) is 5.92 Å². The molecule has 0 bridgehead atoms. The highest BCUT2D eigenvalue weighted by Gasteiger charge is 2.40. The number of nitrogens with one attached hydrogen (secondary N) is 2. The van der Waals surface area contributed by atoms with E-state index in [0.29, 0.717) is 26.1 Å². The molecule has 0 aromatic heterocycles. The molecule has 0 spiro atoms. The van der Waals surface area contributed by atoms with Gasteiger partial charge >= 0.3 is 0 Å². The first-order chi connectivity index (χ1) is 15.9. The van der Waals surface area contributed by atoms with E-state index in [4.69, 9.17) is 11.2 Å². The molecule has 9 heteroatoms. The van der Waals surface area contributed by atoms with Gasteiger partial charge in [0, 0.05) is 37.8 Å². The first kappa shape index (κ1) is 26.4. The molecule has 2 rings (SSSR count). The monoisotopic (exact) mass is 471 g/mol. The second-order valence-electron chi connectivity index (χ2n) is 7.94. The molecule has 178 valence electrons. The number of carbonyl (C=O) groups is 2. The maximum Gasteiger partial charge on any atom is 0.238 e. The molecule has 3 atom stereocenters. The van der Waals surface area contributed by atoms with Crippen LogP contribution in [-0.2, 0) is 9.59 Å². The second kappa shape index (κ2) is 13.6. The number of anilines is 1. The predicted molar refractivity (Wildman–Crippen MR) is 132 cm³/mol. The highest BCUT2D eigenvalue weighted by molar-refractivity contribution is 8.01. The summed E-state index contributed by atoms with van der Waals surface area (Å²) < 4.78 is 5.77. The molecular formula is C24H33N5O3S. The Morgan fingerprint density at radius 1 is 1.42 bits per heavy atom. The number of rotatable bonds is 13. The lowest BCUT2D eigenvalue weighted by Gasteiger charge is -2.23. The molecule has 0 saturated carbocycles. The molecular weight excluding hydrogens is 438 g/mol. The molecule has 1 heterocycles. The summed E-state index contributed by atoms with van der Waals surface area (Å²) in [5.74, 6) is 1.95. The standard InChI is InChI=1S/C24H33N5O3S/c1-5-11-27-23(30)18(17-25)15-22-29(6-2)24(31)21(33-22)10-12-26-19-8-7-9-20(16-19)32-14-13-28(3)4/h1,7-9,16,18,21-22,26H,6,10-15H2,2-4H3,(H,27,30). The Morgan fingerprint density at radius 2 is 2.21 bits per heavy atom. The van der Waals surface area contributed by atoms with E-state index in [9.17, 15) is 14.9 Å². The fourth-order valence-electron chi connectivity index (χ4n) is 3.45. The molecule has 1 aromatic rings. The first-order valence-corrected chi connectivity index (χ1v) is 12.0. The minimum absolute atomic E-state index is 0.0517. The normalized spacial score (nSPS) is 18.5. The molecule has 8 nitrogen and oxygen atoms in total. The van der Waals surface area contributed by atoms with Gasteiger partial charge in [0.2, 0.25) is 11.8 Å². The molecule has 1 aromatic carbocycles. The average molecular weight is 472 g/mol. The van der Waals surface area contributed by atoms with Crippen LogP contribution in [0.4, 0.5) is 5.69 Å². The maximum atomic E-state index is 12.9. The Morgan fingerprint density at radius 3 is 2.88 bits per heavy atom. The van der Waals surface area contributed by atoms with Crippen LogP contribution in [-0.4, -0.2) is 79.1 Å². The van der Waals surface area contributed by atoms with Gasteiger partial charge in [-0.15, -0.1) is 18.2 Å². The molecule has 1 aliphatic rings. The molecule has 1 fully saturated rings. The van der Waals surface area contributed by atoms with Gasteiger partial charge in [-0.2, -0.15) is 5.26 Å². The molecule has 1 aliphatic heterocycles. The SMILES string of the molecule is C#CCNC(=O)C(C#N)CC1SC(CCNc2cccc(OCCN(C)C)c2)C(=O)N1CC. The molecule has 0 aliphatic carbocycles. The van der Waals surface area contributed by atoms with E-state index < -0.39 is 11.8 Å². The third-order valence-corrected chi connectivity index (χ3v) is 6.75. The van der Waals surface area contributed by atoms with Crippen LogP contribution < -0.4 is 15.4 Å². The van der Waals surface area contributed by atoms with Crippen molar-refractivity contribution in [2.45, 2.75) is 30.4 Å². The second-order valence-corrected chi connectivity index (χ2v) is 9.32. The number of carbonyl (C=O) groups excluding carboxylic acids is 2. The quantitative estimate of drug-likeness (QED) is 0.425. The topological polar surface area (TPSA) is 97.7 Å². The summed E-state index contributed by atoms with van der Waals surface area (Å²) in [7, 11) is 4.00. The van der Waals surface area contributed by atoms with Crippen molar-refractivity contribution in [1.82, 2.24) is 15.1 Å². The van der Waals surface area contributed by atoms with Crippen LogP contribution in [0.5, 0.6) is 5.75 Å². The Labute approximate surface area is 201 Å². The van der Waals surface area contributed by atoms with Crippen LogP contribution in [0, 0.1) is 29.6 Å². The Kier molecular flexibility index (Phi) is 10.9. The first-order valence-electron chi connectivity index (χ1n) is 11.1. The van der Waals surface area contributed by atoms with Crippen molar-refractivity contribution in [3.63, 3.8) is 0 Å². The van der Waals surface area contributed by atoms with Crippen LogP contribution in [0.2, 0.25) is 0 Å². The third-order valence-electron chi connectivity index (χ3n) is 5.22. The summed E-state index contributed by atoms with van der Waals surface area (Å²) in [6.07, 6.45) is 6.10. The van der Waals surface area contributed by atoms with Crippen LogP contribution >= 0.6 is 11.8 Å². The molecule has 3 unspecified atom stereocenters. The van der Waals surface area contributed by atoms with Crippen LogP contribution in [0.1, 0.15) is 19.8 Å². The van der Waals surface area contributed by atoms with E-state index >= 15 is 0 Å². The lowest BCUT2D eigenvalue weighted by Crippen LogP contribution is -2.38. The highest BCUT2D eigenvalue weighted by Crippen LogP contribution is 2.37. The molecule has 2 amide bonds. The fraction of sp³-hybridized carbons (Fsp3) is 0.542. The lowest BCUT2D eigenvalue weighted by molar-refractivity contribution is -0.131. The highest BCUT2D eigenvalue weighted by atomic mass is 32.2. The maximum absolute atomic E-state index is 12.9. The van der Waals surface area contributed by atoms with Gasteiger partial charge in [-0.1, -0.05) is 12.0 Å². The van der Waals surface area contributed by atoms with Crippen molar-refractivity contribution < 1.29 is 14.3 Å². The number of hydrogen-bond donors (Lipinski definition) is 2. The summed E-state index contributed by atoms with van der Waals surface area (Å²) in [5, 5.41) is 14.9. The van der Waals surface area contributed by atoms with Crippen LogP contribution in [0.3, 0.4) is 0 Å². The summed E-state index contributed by atoms with van der Waals surface area (Å²) in [5.41, 5.74) is 0.937. The van der Waals surface area contributed by atoms with E-state index in [-0.39, 0.29) is 29.5 Å². The van der Waals surface area contributed by atoms with E-state index in [1.807, 2.05) is 51.4 Å². The Bertz CT molecular complexity index is 880. The van der Waals surface area contributed by atoms with Crippen molar-refractivity contribution in [3.05, 3.63) is 24.3 Å². The number of benzene rings is 1. The lowest BCUT2D eigenvalue weighted by atomic mass is 10.1. The Balaban J connectivity index is 1.88. The number of likely N-dealkylation sites (N-methyl/N-ethyl adjacent to an activating group) is 1. The number of nitriles is 1. The number of thioether (sulfide) groups is 1. The van der Waals surface area contributed by atoms with Gasteiger partial charge in [0.25, 0.3) is 0 Å². The summed E-state index contributed by atoms with van der Waals surface area (Å²) in [4.78, 5) is 28.9. The summed E-state index contributed by atoms with van der Waals surface area (Å²) in [6, 6.07) is 9.82. The summed E-state index contributed by atoms with van der Waals surface area (Å²) >= 11 is 1.52. The van der Waals surface area contributed by atoms with Crippen molar-refractivity contribution in [3.8, 4) is 24.2 Å². The van der Waals surface area contributed by atoms with Gasteiger partial charge in [0.1, 0.15) is 18.3 Å². The zero-order chi connectivity index (χ0) is 24.2. The van der Waals surface area contributed by atoms with Gasteiger partial charge in [-0.05, 0) is 39.6 Å². The minimum atomic E-state index is -0.843. The van der Waals surface area contributed by atoms with Gasteiger partial charge in [-0.25, -0.2) is 0 Å². The van der Waals surface area contributed by atoms with Gasteiger partial charge < -0.3 is 25.2 Å². The van der Waals surface area contributed by atoms with Crippen LogP contribution in [0.15, 0.2) is 24.3 Å². The zero-order valence-corrected chi connectivity index (χ0v) is 20.4. The number of nitrogens with zero attached hydrogens (tertiary/aromatic N) is 3.